The normalized spacial score (nSPS) is 24.7. The second kappa shape index (κ2) is 6.98. The number of aryl methyl sites for hydroxylation is 2. The van der Waals surface area contributed by atoms with Crippen molar-refractivity contribution in [2.45, 2.75) is 64.2 Å². The molecule has 25 heavy (non-hydrogen) atoms. The van der Waals surface area contributed by atoms with Crippen molar-refractivity contribution in [3.8, 4) is 0 Å². The molecule has 2 fully saturated rings. The molecular weight excluding hydrogens is 329 g/mol. The van der Waals surface area contributed by atoms with Crippen LogP contribution >= 0.6 is 0 Å². The van der Waals surface area contributed by atoms with Crippen LogP contribution in [-0.4, -0.2) is 36.0 Å². The maximum Gasteiger partial charge on any atom is 0.416 e. The van der Waals surface area contributed by atoms with E-state index in [0.717, 1.165) is 44.5 Å². The third kappa shape index (κ3) is 3.84. The first-order valence-electron chi connectivity index (χ1n) is 9.00. The number of hydrogen-bond donors (Lipinski definition) is 1. The quantitative estimate of drug-likeness (QED) is 0.887. The first kappa shape index (κ1) is 18.2. The summed E-state index contributed by atoms with van der Waals surface area (Å²) in [6.45, 7) is 5.30. The number of alkyl halides is 3. The molecule has 1 aromatic rings. The zero-order valence-corrected chi connectivity index (χ0v) is 14.7. The summed E-state index contributed by atoms with van der Waals surface area (Å²) >= 11 is 0. The summed E-state index contributed by atoms with van der Waals surface area (Å²) in [5, 5.41) is 3.10. The molecule has 1 N–H and O–H groups in total. The molecule has 1 amide bonds. The van der Waals surface area contributed by atoms with Crippen LogP contribution in [0.3, 0.4) is 0 Å². The van der Waals surface area contributed by atoms with Crippen molar-refractivity contribution in [3.63, 3.8) is 0 Å². The Labute approximate surface area is 146 Å². The van der Waals surface area contributed by atoms with Crippen molar-refractivity contribution < 1.29 is 18.0 Å². The molecule has 0 radical (unpaired) electrons. The van der Waals surface area contributed by atoms with Gasteiger partial charge in [-0.15, -0.1) is 0 Å². The lowest BCUT2D eigenvalue weighted by atomic mass is 9.97. The molecule has 2 aliphatic rings. The van der Waals surface area contributed by atoms with Gasteiger partial charge in [0.1, 0.15) is 0 Å². The van der Waals surface area contributed by atoms with Gasteiger partial charge in [-0.3, -0.25) is 9.69 Å². The molecule has 1 heterocycles. The number of carbonyl (C=O) groups excluding carboxylic acids is 1. The minimum atomic E-state index is -4.39. The molecule has 1 saturated carbocycles. The van der Waals surface area contributed by atoms with Gasteiger partial charge in [0.2, 0.25) is 0 Å². The molecular formula is C19H25F3N2O. The summed E-state index contributed by atoms with van der Waals surface area (Å²) in [6.07, 6.45) is 1.11. The molecule has 3 rings (SSSR count). The lowest BCUT2D eigenvalue weighted by Gasteiger charge is -2.30. The number of halogens is 3. The molecule has 1 aliphatic carbocycles. The van der Waals surface area contributed by atoms with E-state index in [9.17, 15) is 18.0 Å². The molecule has 138 valence electrons. The van der Waals surface area contributed by atoms with E-state index in [4.69, 9.17) is 0 Å². The van der Waals surface area contributed by atoms with Crippen molar-refractivity contribution >= 4 is 5.91 Å². The average Bonchev–Trinajstić information content (AvgIpc) is 3.15. The highest BCUT2D eigenvalue weighted by molar-refractivity contribution is 5.97. The summed E-state index contributed by atoms with van der Waals surface area (Å²) in [7, 11) is 0. The van der Waals surface area contributed by atoms with Gasteiger partial charge in [-0.1, -0.05) is 0 Å². The summed E-state index contributed by atoms with van der Waals surface area (Å²) in [6, 6.07) is 2.58. The maximum atomic E-state index is 12.9. The van der Waals surface area contributed by atoms with E-state index in [1.807, 2.05) is 0 Å². The Hall–Kier alpha value is -1.56. The fraction of sp³-hybridized carbons (Fsp3) is 0.632. The van der Waals surface area contributed by atoms with E-state index < -0.39 is 11.7 Å². The summed E-state index contributed by atoms with van der Waals surface area (Å²) < 4.78 is 38.8. The predicted molar refractivity (Wildman–Crippen MR) is 90.6 cm³/mol. The van der Waals surface area contributed by atoms with E-state index in [-0.39, 0.29) is 11.9 Å². The predicted octanol–water partition coefficient (Wildman–Crippen LogP) is 4.07. The second-order valence-electron chi connectivity index (χ2n) is 7.30. The van der Waals surface area contributed by atoms with Crippen LogP contribution in [-0.2, 0) is 6.18 Å². The third-order valence-corrected chi connectivity index (χ3v) is 5.49. The minimum absolute atomic E-state index is 0.0895. The number of likely N-dealkylation sites (tertiary alicyclic amines) is 1. The highest BCUT2D eigenvalue weighted by atomic mass is 19.4. The monoisotopic (exact) mass is 354 g/mol. The Morgan fingerprint density at radius 2 is 1.68 bits per heavy atom. The molecule has 1 saturated heterocycles. The van der Waals surface area contributed by atoms with Crippen LogP contribution in [0.1, 0.15) is 59.2 Å². The lowest BCUT2D eigenvalue weighted by Crippen LogP contribution is -2.48. The van der Waals surface area contributed by atoms with E-state index in [2.05, 4.69) is 10.2 Å². The van der Waals surface area contributed by atoms with Crippen molar-refractivity contribution in [2.75, 3.05) is 13.1 Å². The highest BCUT2D eigenvalue weighted by Gasteiger charge is 2.35. The van der Waals surface area contributed by atoms with E-state index in [1.54, 1.807) is 13.8 Å². The van der Waals surface area contributed by atoms with Crippen LogP contribution in [0.15, 0.2) is 12.1 Å². The fourth-order valence-corrected chi connectivity index (χ4v) is 4.35. The standard InChI is InChI=1S/C19H25F3N2O/c1-12-10-14(19(20,21)22)11-13(2)17(12)18(25)23-15-6-5-7-16(15)24-8-3-4-9-24/h10-11,15-16H,3-9H2,1-2H3,(H,23,25)/t15-,16+/m1/s1. The van der Waals surface area contributed by atoms with E-state index in [0.29, 0.717) is 22.7 Å². The summed E-state index contributed by atoms with van der Waals surface area (Å²) in [5.74, 6) is -0.250. The van der Waals surface area contributed by atoms with Gasteiger partial charge in [-0.05, 0) is 82.3 Å². The molecule has 3 nitrogen and oxygen atoms in total. The second-order valence-corrected chi connectivity index (χ2v) is 7.30. The number of carbonyl (C=O) groups is 1. The van der Waals surface area contributed by atoms with Crippen LogP contribution in [0.4, 0.5) is 13.2 Å². The third-order valence-electron chi connectivity index (χ3n) is 5.49. The SMILES string of the molecule is Cc1cc(C(F)(F)F)cc(C)c1C(=O)N[C@@H]1CCC[C@@H]1N1CCCC1. The zero-order valence-electron chi connectivity index (χ0n) is 14.7. The molecule has 0 spiro atoms. The van der Waals surface area contributed by atoms with Crippen molar-refractivity contribution in [2.24, 2.45) is 0 Å². The first-order valence-corrected chi connectivity index (χ1v) is 9.00. The lowest BCUT2D eigenvalue weighted by molar-refractivity contribution is -0.137. The van der Waals surface area contributed by atoms with Gasteiger partial charge in [0.15, 0.2) is 0 Å². The largest absolute Gasteiger partial charge is 0.416 e. The van der Waals surface area contributed by atoms with E-state index in [1.165, 1.54) is 12.8 Å². The first-order chi connectivity index (χ1) is 11.8. The highest BCUT2D eigenvalue weighted by Crippen LogP contribution is 2.32. The van der Waals surface area contributed by atoms with Crippen molar-refractivity contribution in [1.82, 2.24) is 10.2 Å². The van der Waals surface area contributed by atoms with Gasteiger partial charge < -0.3 is 5.32 Å². The topological polar surface area (TPSA) is 32.3 Å². The van der Waals surface area contributed by atoms with Crippen LogP contribution in [0.2, 0.25) is 0 Å². The average molecular weight is 354 g/mol. The van der Waals surface area contributed by atoms with Crippen LogP contribution in [0.25, 0.3) is 0 Å². The number of hydrogen-bond acceptors (Lipinski definition) is 2. The number of rotatable bonds is 3. The van der Waals surface area contributed by atoms with Crippen molar-refractivity contribution in [1.29, 1.82) is 0 Å². The van der Waals surface area contributed by atoms with E-state index >= 15 is 0 Å². The minimum Gasteiger partial charge on any atom is -0.348 e. The number of nitrogens with one attached hydrogen (secondary N) is 1. The molecule has 1 aliphatic heterocycles. The van der Waals surface area contributed by atoms with Gasteiger partial charge in [0.25, 0.3) is 5.91 Å². The number of amides is 1. The Bertz CT molecular complexity index is 628. The Kier molecular flexibility index (Phi) is 5.09. The molecule has 1 aromatic carbocycles. The fourth-order valence-electron chi connectivity index (χ4n) is 4.35. The molecule has 0 aromatic heterocycles. The zero-order chi connectivity index (χ0) is 18.2. The Morgan fingerprint density at radius 1 is 1.08 bits per heavy atom. The number of nitrogens with zero attached hydrogens (tertiary/aromatic N) is 1. The smallest absolute Gasteiger partial charge is 0.348 e. The van der Waals surface area contributed by atoms with Gasteiger partial charge in [0.05, 0.1) is 5.56 Å². The maximum absolute atomic E-state index is 12.9. The van der Waals surface area contributed by atoms with Gasteiger partial charge in [0, 0.05) is 17.6 Å². The van der Waals surface area contributed by atoms with Gasteiger partial charge in [-0.2, -0.15) is 13.2 Å². The molecule has 2 atom stereocenters. The Balaban J connectivity index is 1.77. The summed E-state index contributed by atoms with van der Waals surface area (Å²) in [5.41, 5.74) is 0.427. The number of benzene rings is 1. The van der Waals surface area contributed by atoms with Gasteiger partial charge >= 0.3 is 6.18 Å². The molecule has 0 unspecified atom stereocenters. The van der Waals surface area contributed by atoms with Crippen LogP contribution < -0.4 is 5.32 Å². The van der Waals surface area contributed by atoms with Gasteiger partial charge in [-0.25, -0.2) is 0 Å². The van der Waals surface area contributed by atoms with Crippen LogP contribution in [0.5, 0.6) is 0 Å². The van der Waals surface area contributed by atoms with Crippen LogP contribution in [0, 0.1) is 13.8 Å². The molecule has 0 bridgehead atoms. The summed E-state index contributed by atoms with van der Waals surface area (Å²) in [4.78, 5) is 15.2. The molecule has 6 heteroatoms. The van der Waals surface area contributed by atoms with Crippen molar-refractivity contribution in [3.05, 3.63) is 34.4 Å². The Morgan fingerprint density at radius 3 is 2.24 bits per heavy atom.